The van der Waals surface area contributed by atoms with E-state index in [4.69, 9.17) is 10.5 Å². The summed E-state index contributed by atoms with van der Waals surface area (Å²) >= 11 is 0. The zero-order valence-electron chi connectivity index (χ0n) is 12.4. The van der Waals surface area contributed by atoms with Crippen LogP contribution in [-0.2, 0) is 11.3 Å². The second-order valence-electron chi connectivity index (χ2n) is 4.81. The number of rotatable bonds is 3. The standard InChI is InChI=1S/C13H23N5O2/c1-4-18-12(11(14)10(3)15-18)16-6-8-17(9-7-16)13(19)20-5-2/h4-9,14H2,1-3H3. The molecule has 2 N–H and O–H groups in total. The molecular formula is C13H23N5O2. The highest BCUT2D eigenvalue weighted by Gasteiger charge is 2.25. The number of carbonyl (C=O) groups excluding carboxylic acids is 1. The molecule has 1 aromatic heterocycles. The third-order valence-corrected chi connectivity index (χ3v) is 3.55. The van der Waals surface area contributed by atoms with Gasteiger partial charge >= 0.3 is 6.09 Å². The fourth-order valence-corrected chi connectivity index (χ4v) is 2.45. The van der Waals surface area contributed by atoms with Gasteiger partial charge in [-0.2, -0.15) is 5.10 Å². The Balaban J connectivity index is 2.06. The van der Waals surface area contributed by atoms with Crippen molar-refractivity contribution < 1.29 is 9.53 Å². The van der Waals surface area contributed by atoms with Crippen LogP contribution in [0.1, 0.15) is 19.5 Å². The van der Waals surface area contributed by atoms with Gasteiger partial charge in [-0.05, 0) is 20.8 Å². The van der Waals surface area contributed by atoms with Gasteiger partial charge in [0.05, 0.1) is 18.0 Å². The summed E-state index contributed by atoms with van der Waals surface area (Å²) in [4.78, 5) is 15.6. The molecule has 7 nitrogen and oxygen atoms in total. The minimum absolute atomic E-state index is 0.236. The van der Waals surface area contributed by atoms with Crippen molar-refractivity contribution in [2.45, 2.75) is 27.3 Å². The minimum Gasteiger partial charge on any atom is -0.450 e. The molecule has 0 aliphatic carbocycles. The first-order valence-electron chi connectivity index (χ1n) is 7.08. The number of carbonyl (C=O) groups is 1. The number of nitrogens with zero attached hydrogens (tertiary/aromatic N) is 4. The predicted molar refractivity (Wildman–Crippen MR) is 77.9 cm³/mol. The Hall–Kier alpha value is -1.92. The van der Waals surface area contributed by atoms with Gasteiger partial charge in [0.15, 0.2) is 5.82 Å². The maximum atomic E-state index is 11.7. The van der Waals surface area contributed by atoms with Crippen LogP contribution in [0.5, 0.6) is 0 Å². The number of hydrogen-bond donors (Lipinski definition) is 1. The Kier molecular flexibility index (Phi) is 4.36. The van der Waals surface area contributed by atoms with Gasteiger partial charge in [-0.3, -0.25) is 0 Å². The Morgan fingerprint density at radius 2 is 1.95 bits per heavy atom. The number of ether oxygens (including phenoxy) is 1. The van der Waals surface area contributed by atoms with E-state index in [-0.39, 0.29) is 6.09 Å². The molecule has 2 heterocycles. The van der Waals surface area contributed by atoms with Crippen molar-refractivity contribution in [3.05, 3.63) is 5.69 Å². The van der Waals surface area contributed by atoms with Crippen molar-refractivity contribution in [3.8, 4) is 0 Å². The fourth-order valence-electron chi connectivity index (χ4n) is 2.45. The van der Waals surface area contributed by atoms with Crippen LogP contribution < -0.4 is 10.6 Å². The molecule has 1 saturated heterocycles. The summed E-state index contributed by atoms with van der Waals surface area (Å²) in [6.45, 7) is 9.75. The fraction of sp³-hybridized carbons (Fsp3) is 0.692. The second kappa shape index (κ2) is 6.02. The summed E-state index contributed by atoms with van der Waals surface area (Å²) in [5.74, 6) is 0.966. The van der Waals surface area contributed by atoms with Crippen LogP contribution in [-0.4, -0.2) is 53.6 Å². The molecular weight excluding hydrogens is 258 g/mol. The van der Waals surface area contributed by atoms with Crippen molar-refractivity contribution in [3.63, 3.8) is 0 Å². The van der Waals surface area contributed by atoms with Gasteiger partial charge in [0.25, 0.3) is 0 Å². The van der Waals surface area contributed by atoms with Gasteiger partial charge in [0.2, 0.25) is 0 Å². The topological polar surface area (TPSA) is 76.6 Å². The summed E-state index contributed by atoms with van der Waals surface area (Å²) in [5.41, 5.74) is 7.71. The molecule has 1 fully saturated rings. The van der Waals surface area contributed by atoms with Crippen LogP contribution in [0.25, 0.3) is 0 Å². The van der Waals surface area contributed by atoms with Crippen molar-refractivity contribution in [2.24, 2.45) is 0 Å². The zero-order valence-corrected chi connectivity index (χ0v) is 12.4. The number of hydrogen-bond acceptors (Lipinski definition) is 5. The molecule has 20 heavy (non-hydrogen) atoms. The number of aryl methyl sites for hydroxylation is 2. The van der Waals surface area contributed by atoms with E-state index in [0.717, 1.165) is 36.8 Å². The van der Waals surface area contributed by atoms with Gasteiger partial charge in [0.1, 0.15) is 0 Å². The largest absolute Gasteiger partial charge is 0.450 e. The Morgan fingerprint density at radius 1 is 1.30 bits per heavy atom. The van der Waals surface area contributed by atoms with Crippen LogP contribution >= 0.6 is 0 Å². The third-order valence-electron chi connectivity index (χ3n) is 3.55. The van der Waals surface area contributed by atoms with Gasteiger partial charge in [-0.25, -0.2) is 9.48 Å². The molecule has 7 heteroatoms. The predicted octanol–water partition coefficient (Wildman–Crippen LogP) is 1.07. The summed E-state index contributed by atoms with van der Waals surface area (Å²) in [6, 6.07) is 0. The average Bonchev–Trinajstić information content (AvgIpc) is 2.75. The molecule has 0 bridgehead atoms. The first kappa shape index (κ1) is 14.5. The molecule has 1 aromatic rings. The van der Waals surface area contributed by atoms with Crippen LogP contribution in [0.15, 0.2) is 0 Å². The van der Waals surface area contributed by atoms with E-state index in [0.29, 0.717) is 19.7 Å². The number of piperazine rings is 1. The van der Waals surface area contributed by atoms with E-state index in [1.54, 1.807) is 4.90 Å². The monoisotopic (exact) mass is 281 g/mol. The van der Waals surface area contributed by atoms with Gasteiger partial charge in [0, 0.05) is 32.7 Å². The van der Waals surface area contributed by atoms with E-state index < -0.39 is 0 Å². The Bertz CT molecular complexity index is 477. The lowest BCUT2D eigenvalue weighted by molar-refractivity contribution is 0.105. The molecule has 0 aromatic carbocycles. The SMILES string of the molecule is CCOC(=O)N1CCN(c2c(N)c(C)nn2CC)CC1. The number of nitrogens with two attached hydrogens (primary N) is 1. The smallest absolute Gasteiger partial charge is 0.409 e. The van der Waals surface area contributed by atoms with Crippen molar-refractivity contribution in [1.82, 2.24) is 14.7 Å². The summed E-state index contributed by atoms with van der Waals surface area (Å²) < 4.78 is 6.94. The molecule has 0 radical (unpaired) electrons. The highest BCUT2D eigenvalue weighted by molar-refractivity contribution is 5.69. The van der Waals surface area contributed by atoms with E-state index in [9.17, 15) is 4.79 Å². The average molecular weight is 281 g/mol. The van der Waals surface area contributed by atoms with Crippen LogP contribution in [0.3, 0.4) is 0 Å². The van der Waals surface area contributed by atoms with Crippen LogP contribution in [0.4, 0.5) is 16.3 Å². The third kappa shape index (κ3) is 2.66. The molecule has 0 unspecified atom stereocenters. The lowest BCUT2D eigenvalue weighted by Gasteiger charge is -2.35. The molecule has 112 valence electrons. The zero-order chi connectivity index (χ0) is 14.7. The van der Waals surface area contributed by atoms with Gasteiger partial charge < -0.3 is 20.3 Å². The Labute approximate surface area is 119 Å². The first-order valence-corrected chi connectivity index (χ1v) is 7.08. The van der Waals surface area contributed by atoms with Crippen molar-refractivity contribution >= 4 is 17.6 Å². The molecule has 1 aliphatic rings. The quantitative estimate of drug-likeness (QED) is 0.897. The molecule has 2 rings (SSSR count). The normalized spacial score (nSPS) is 15.6. The van der Waals surface area contributed by atoms with E-state index in [2.05, 4.69) is 10.00 Å². The molecule has 0 spiro atoms. The number of amides is 1. The Morgan fingerprint density at radius 3 is 2.50 bits per heavy atom. The maximum absolute atomic E-state index is 11.7. The van der Waals surface area contributed by atoms with E-state index in [1.807, 2.05) is 25.5 Å². The lowest BCUT2D eigenvalue weighted by Crippen LogP contribution is -2.49. The van der Waals surface area contributed by atoms with Gasteiger partial charge in [-0.15, -0.1) is 0 Å². The number of aromatic nitrogens is 2. The summed E-state index contributed by atoms with van der Waals surface area (Å²) in [6.07, 6.45) is -0.236. The maximum Gasteiger partial charge on any atom is 0.409 e. The molecule has 1 aliphatic heterocycles. The van der Waals surface area contributed by atoms with E-state index in [1.165, 1.54) is 0 Å². The van der Waals surface area contributed by atoms with E-state index >= 15 is 0 Å². The van der Waals surface area contributed by atoms with Gasteiger partial charge in [-0.1, -0.05) is 0 Å². The minimum atomic E-state index is -0.236. The van der Waals surface area contributed by atoms with Crippen molar-refractivity contribution in [2.75, 3.05) is 43.4 Å². The highest BCUT2D eigenvalue weighted by Crippen LogP contribution is 2.27. The highest BCUT2D eigenvalue weighted by atomic mass is 16.6. The van der Waals surface area contributed by atoms with Crippen molar-refractivity contribution in [1.29, 1.82) is 0 Å². The summed E-state index contributed by atoms with van der Waals surface area (Å²) in [5, 5.41) is 4.43. The number of anilines is 2. The lowest BCUT2D eigenvalue weighted by atomic mass is 10.3. The van der Waals surface area contributed by atoms with Crippen LogP contribution in [0.2, 0.25) is 0 Å². The molecule has 1 amide bonds. The number of nitrogen functional groups attached to an aromatic ring is 1. The first-order chi connectivity index (χ1) is 9.58. The van der Waals surface area contributed by atoms with Crippen LogP contribution in [0, 0.1) is 6.92 Å². The summed E-state index contributed by atoms with van der Waals surface area (Å²) in [7, 11) is 0. The molecule has 0 saturated carbocycles. The second-order valence-corrected chi connectivity index (χ2v) is 4.81. The molecule has 0 atom stereocenters.